The number of carbonyl (C=O) groups excluding carboxylic acids is 2. The van der Waals surface area contributed by atoms with Crippen molar-refractivity contribution in [3.8, 4) is 0 Å². The van der Waals surface area contributed by atoms with Crippen LogP contribution in [0.1, 0.15) is 64.5 Å². The van der Waals surface area contributed by atoms with Gasteiger partial charge in [-0.3, -0.25) is 9.59 Å². The first kappa shape index (κ1) is 25.4. The van der Waals surface area contributed by atoms with Gasteiger partial charge in [0.25, 0.3) is 0 Å². The Kier molecular flexibility index (Phi) is 6.81. The lowest BCUT2D eigenvalue weighted by Gasteiger charge is -2.29. The van der Waals surface area contributed by atoms with Crippen LogP contribution < -0.4 is 10.2 Å². The van der Waals surface area contributed by atoms with Gasteiger partial charge in [0.15, 0.2) is 0 Å². The first-order valence-electron chi connectivity index (χ1n) is 12.3. The molecule has 4 rings (SSSR count). The SMILES string of the molecule is CC1CCN(S(=O)(=O)c2ccc3c(c2)C(C)(C)C(=O)N3CC(=O)Nc2ccc(C(C)C)cc2)CC1. The summed E-state index contributed by atoms with van der Waals surface area (Å²) in [5.74, 6) is 0.386. The fourth-order valence-electron chi connectivity index (χ4n) is 4.80. The van der Waals surface area contributed by atoms with Crippen LogP contribution in [0, 0.1) is 5.92 Å². The number of nitrogens with zero attached hydrogens (tertiary/aromatic N) is 2. The zero-order valence-corrected chi connectivity index (χ0v) is 22.0. The largest absolute Gasteiger partial charge is 0.325 e. The van der Waals surface area contributed by atoms with Crippen LogP contribution in [-0.4, -0.2) is 44.2 Å². The van der Waals surface area contributed by atoms with E-state index in [4.69, 9.17) is 0 Å². The highest BCUT2D eigenvalue weighted by Crippen LogP contribution is 2.43. The van der Waals surface area contributed by atoms with Crippen molar-refractivity contribution in [3.63, 3.8) is 0 Å². The quantitative estimate of drug-likeness (QED) is 0.637. The van der Waals surface area contributed by atoms with Crippen LogP contribution in [0.25, 0.3) is 0 Å². The Morgan fingerprint density at radius 3 is 2.31 bits per heavy atom. The smallest absolute Gasteiger partial charge is 0.244 e. The number of hydrogen-bond donors (Lipinski definition) is 1. The number of sulfonamides is 1. The molecule has 0 atom stereocenters. The van der Waals surface area contributed by atoms with E-state index in [1.807, 2.05) is 24.3 Å². The predicted molar refractivity (Wildman–Crippen MR) is 138 cm³/mol. The number of fused-ring (bicyclic) bond motifs is 1. The Labute approximate surface area is 208 Å². The maximum absolute atomic E-state index is 13.3. The summed E-state index contributed by atoms with van der Waals surface area (Å²) in [5.41, 5.74) is 2.12. The van der Waals surface area contributed by atoms with Gasteiger partial charge in [0.05, 0.1) is 10.3 Å². The van der Waals surface area contributed by atoms with E-state index in [2.05, 4.69) is 26.1 Å². The summed E-state index contributed by atoms with van der Waals surface area (Å²) >= 11 is 0. The third-order valence-corrected chi connectivity index (χ3v) is 9.15. The lowest BCUT2D eigenvalue weighted by atomic mass is 9.86. The summed E-state index contributed by atoms with van der Waals surface area (Å²) in [4.78, 5) is 27.7. The topological polar surface area (TPSA) is 86.8 Å². The number of rotatable bonds is 6. The molecule has 2 aromatic rings. The monoisotopic (exact) mass is 497 g/mol. The summed E-state index contributed by atoms with van der Waals surface area (Å²) in [6, 6.07) is 12.5. The van der Waals surface area contributed by atoms with Crippen LogP contribution in [0.4, 0.5) is 11.4 Å². The molecular weight excluding hydrogens is 462 g/mol. The highest BCUT2D eigenvalue weighted by atomic mass is 32.2. The molecule has 0 spiro atoms. The first-order chi connectivity index (χ1) is 16.4. The van der Waals surface area contributed by atoms with Crippen LogP contribution in [0.2, 0.25) is 0 Å². The fourth-order valence-corrected chi connectivity index (χ4v) is 6.30. The van der Waals surface area contributed by atoms with Crippen molar-refractivity contribution in [1.29, 1.82) is 0 Å². The zero-order chi connectivity index (χ0) is 25.5. The van der Waals surface area contributed by atoms with Gasteiger partial charge < -0.3 is 10.2 Å². The molecule has 0 bridgehead atoms. The van der Waals surface area contributed by atoms with E-state index in [0.717, 1.165) is 12.8 Å². The van der Waals surface area contributed by atoms with Gasteiger partial charge in [-0.05, 0) is 80.0 Å². The van der Waals surface area contributed by atoms with Crippen molar-refractivity contribution in [2.45, 2.75) is 63.7 Å². The number of anilines is 2. The van der Waals surface area contributed by atoms with Crippen molar-refractivity contribution in [3.05, 3.63) is 53.6 Å². The fraction of sp³-hybridized carbons (Fsp3) is 0.481. The average Bonchev–Trinajstić information content (AvgIpc) is 3.00. The minimum atomic E-state index is -3.64. The van der Waals surface area contributed by atoms with Crippen molar-refractivity contribution in [2.75, 3.05) is 29.9 Å². The molecule has 1 fully saturated rings. The highest BCUT2D eigenvalue weighted by molar-refractivity contribution is 7.89. The van der Waals surface area contributed by atoms with Gasteiger partial charge in [-0.2, -0.15) is 4.31 Å². The summed E-state index contributed by atoms with van der Waals surface area (Å²) in [6.07, 6.45) is 1.69. The van der Waals surface area contributed by atoms with Crippen LogP contribution in [0.15, 0.2) is 47.4 Å². The zero-order valence-electron chi connectivity index (χ0n) is 21.2. The average molecular weight is 498 g/mol. The molecule has 2 aromatic carbocycles. The van der Waals surface area contributed by atoms with E-state index in [-0.39, 0.29) is 23.3 Å². The lowest BCUT2D eigenvalue weighted by molar-refractivity contribution is -0.124. The number of piperidine rings is 1. The maximum Gasteiger partial charge on any atom is 0.244 e. The van der Waals surface area contributed by atoms with Gasteiger partial charge in [-0.15, -0.1) is 0 Å². The minimum Gasteiger partial charge on any atom is -0.325 e. The molecular formula is C27H35N3O4S. The minimum absolute atomic E-state index is 0.142. The van der Waals surface area contributed by atoms with E-state index < -0.39 is 15.4 Å². The highest BCUT2D eigenvalue weighted by Gasteiger charge is 2.45. The molecule has 0 saturated carbocycles. The summed E-state index contributed by atoms with van der Waals surface area (Å²) in [5, 5.41) is 2.86. The molecule has 2 aliphatic heterocycles. The van der Waals surface area contributed by atoms with Gasteiger partial charge >= 0.3 is 0 Å². The maximum atomic E-state index is 13.3. The van der Waals surface area contributed by atoms with E-state index in [1.165, 1.54) is 14.8 Å². The molecule has 7 nitrogen and oxygen atoms in total. The summed E-state index contributed by atoms with van der Waals surface area (Å²) < 4.78 is 28.1. The molecule has 35 heavy (non-hydrogen) atoms. The summed E-state index contributed by atoms with van der Waals surface area (Å²) in [7, 11) is -3.64. The van der Waals surface area contributed by atoms with E-state index >= 15 is 0 Å². The second-order valence-corrected chi connectivity index (χ2v) is 12.5. The molecule has 2 heterocycles. The van der Waals surface area contributed by atoms with Crippen molar-refractivity contribution < 1.29 is 18.0 Å². The molecule has 2 aliphatic rings. The summed E-state index contributed by atoms with van der Waals surface area (Å²) in [6.45, 7) is 10.8. The Hall–Kier alpha value is -2.71. The Morgan fingerprint density at radius 2 is 1.71 bits per heavy atom. The van der Waals surface area contributed by atoms with E-state index in [1.54, 1.807) is 32.0 Å². The van der Waals surface area contributed by atoms with E-state index in [0.29, 0.717) is 41.9 Å². The molecule has 0 unspecified atom stereocenters. The van der Waals surface area contributed by atoms with Crippen LogP contribution in [0.5, 0.6) is 0 Å². The van der Waals surface area contributed by atoms with Crippen LogP contribution in [-0.2, 0) is 25.0 Å². The van der Waals surface area contributed by atoms with Gasteiger partial charge in [0.1, 0.15) is 6.54 Å². The molecule has 8 heteroatoms. The number of carbonyl (C=O) groups is 2. The number of hydrogen-bond acceptors (Lipinski definition) is 4. The van der Waals surface area contributed by atoms with E-state index in [9.17, 15) is 18.0 Å². The second kappa shape index (κ2) is 9.39. The lowest BCUT2D eigenvalue weighted by Crippen LogP contribution is -2.40. The normalized spacial score (nSPS) is 18.7. The standard InChI is InChI=1S/C27H35N3O4S/c1-18(2)20-6-8-21(9-7-20)28-25(31)17-30-24-11-10-22(16-23(24)27(4,5)26(30)32)35(33,34)29-14-12-19(3)13-15-29/h6-11,16,18-19H,12-15,17H2,1-5H3,(H,28,31). The van der Waals surface area contributed by atoms with Crippen LogP contribution in [0.3, 0.4) is 0 Å². The van der Waals surface area contributed by atoms with Gasteiger partial charge in [0, 0.05) is 24.5 Å². The number of nitrogens with one attached hydrogen (secondary N) is 1. The molecule has 1 saturated heterocycles. The molecule has 0 aliphatic carbocycles. The Bertz CT molecular complexity index is 1230. The van der Waals surface area contributed by atoms with Crippen LogP contribution >= 0.6 is 0 Å². The third-order valence-electron chi connectivity index (χ3n) is 7.26. The van der Waals surface area contributed by atoms with Gasteiger partial charge in [-0.25, -0.2) is 8.42 Å². The Morgan fingerprint density at radius 1 is 1.09 bits per heavy atom. The number of amides is 2. The van der Waals surface area contributed by atoms with Crippen molar-refractivity contribution >= 4 is 33.2 Å². The molecule has 188 valence electrons. The van der Waals surface area contributed by atoms with Gasteiger partial charge in [-0.1, -0.05) is 32.9 Å². The van der Waals surface area contributed by atoms with Gasteiger partial charge in [0.2, 0.25) is 21.8 Å². The second-order valence-electron chi connectivity index (χ2n) is 10.6. The molecule has 1 N–H and O–H groups in total. The third kappa shape index (κ3) is 4.86. The van der Waals surface area contributed by atoms with Crippen molar-refractivity contribution in [2.24, 2.45) is 5.92 Å². The molecule has 2 amide bonds. The molecule has 0 aromatic heterocycles. The number of benzene rings is 2. The predicted octanol–water partition coefficient (Wildman–Crippen LogP) is 4.49. The Balaban J connectivity index is 1.55. The molecule has 0 radical (unpaired) electrons. The van der Waals surface area contributed by atoms with Crippen molar-refractivity contribution in [1.82, 2.24) is 4.31 Å². The first-order valence-corrected chi connectivity index (χ1v) is 13.7.